The van der Waals surface area contributed by atoms with Crippen LogP contribution in [0.4, 0.5) is 4.39 Å². The van der Waals surface area contributed by atoms with Gasteiger partial charge >= 0.3 is 0 Å². The van der Waals surface area contributed by atoms with Crippen LogP contribution in [0.15, 0.2) is 71.8 Å². The average Bonchev–Trinajstić information content (AvgIpc) is 3.10. The molecule has 0 fully saturated rings. The minimum absolute atomic E-state index is 0.0449. The van der Waals surface area contributed by atoms with Gasteiger partial charge in [0, 0.05) is 30.0 Å². The Morgan fingerprint density at radius 1 is 1.00 bits per heavy atom. The highest BCUT2D eigenvalue weighted by molar-refractivity contribution is 7.89. The van der Waals surface area contributed by atoms with Crippen LogP contribution in [0.2, 0.25) is 5.02 Å². The second kappa shape index (κ2) is 6.54. The van der Waals surface area contributed by atoms with Gasteiger partial charge < -0.3 is 4.57 Å². The summed E-state index contributed by atoms with van der Waals surface area (Å²) in [6, 6.07) is 15.6. The van der Waals surface area contributed by atoms with Crippen molar-refractivity contribution in [2.24, 2.45) is 0 Å². The van der Waals surface area contributed by atoms with E-state index in [1.54, 1.807) is 12.1 Å². The van der Waals surface area contributed by atoms with Gasteiger partial charge in [-0.05, 0) is 48.0 Å². The molecule has 4 nitrogen and oxygen atoms in total. The van der Waals surface area contributed by atoms with Crippen LogP contribution in [0.5, 0.6) is 0 Å². The van der Waals surface area contributed by atoms with Crippen LogP contribution in [0.25, 0.3) is 0 Å². The van der Waals surface area contributed by atoms with Crippen molar-refractivity contribution in [2.45, 2.75) is 17.5 Å². The number of aromatic nitrogens is 1. The highest BCUT2D eigenvalue weighted by Gasteiger charge is 2.37. The SMILES string of the molecule is O=S(=O)(c1cccc(F)c1)N1CCn2cccc2[C@H]1c1ccc(Cl)cc1. The Labute approximate surface area is 156 Å². The third kappa shape index (κ3) is 2.94. The maximum Gasteiger partial charge on any atom is 0.244 e. The van der Waals surface area contributed by atoms with Crippen molar-refractivity contribution < 1.29 is 12.8 Å². The van der Waals surface area contributed by atoms with Crippen molar-refractivity contribution in [2.75, 3.05) is 6.54 Å². The predicted molar refractivity (Wildman–Crippen MR) is 98.0 cm³/mol. The summed E-state index contributed by atoms with van der Waals surface area (Å²) >= 11 is 5.99. The normalized spacial score (nSPS) is 17.8. The molecule has 0 unspecified atom stereocenters. The molecule has 0 bridgehead atoms. The summed E-state index contributed by atoms with van der Waals surface area (Å²) in [6.07, 6.45) is 1.93. The Bertz CT molecular complexity index is 1050. The highest BCUT2D eigenvalue weighted by Crippen LogP contribution is 2.36. The molecule has 1 aliphatic rings. The number of fused-ring (bicyclic) bond motifs is 1. The summed E-state index contributed by atoms with van der Waals surface area (Å²) in [5, 5.41) is 0.583. The first-order valence-corrected chi connectivity index (χ1v) is 9.96. The maximum absolute atomic E-state index is 13.6. The zero-order chi connectivity index (χ0) is 18.3. The Kier molecular flexibility index (Phi) is 4.34. The standard InChI is InChI=1S/C19H16ClFN2O2S/c20-15-8-6-14(7-9-15)19-18-5-2-10-22(18)11-12-23(19)26(24,25)17-4-1-3-16(21)13-17/h1-10,13,19H,11-12H2/t19-/m1/s1. The smallest absolute Gasteiger partial charge is 0.244 e. The molecule has 134 valence electrons. The van der Waals surface area contributed by atoms with Gasteiger partial charge in [-0.1, -0.05) is 29.8 Å². The monoisotopic (exact) mass is 390 g/mol. The third-order valence-electron chi connectivity index (χ3n) is 4.58. The molecule has 0 spiro atoms. The lowest BCUT2D eigenvalue weighted by Gasteiger charge is -2.36. The van der Waals surface area contributed by atoms with Gasteiger partial charge in [-0.2, -0.15) is 4.31 Å². The molecule has 2 heterocycles. The van der Waals surface area contributed by atoms with Crippen molar-refractivity contribution in [1.82, 2.24) is 8.87 Å². The van der Waals surface area contributed by atoms with Crippen LogP contribution >= 0.6 is 11.6 Å². The van der Waals surface area contributed by atoms with Gasteiger partial charge in [0.05, 0.1) is 10.9 Å². The van der Waals surface area contributed by atoms with E-state index < -0.39 is 21.9 Å². The molecule has 4 rings (SSSR count). The first-order chi connectivity index (χ1) is 12.5. The van der Waals surface area contributed by atoms with E-state index in [9.17, 15) is 12.8 Å². The largest absolute Gasteiger partial charge is 0.348 e. The van der Waals surface area contributed by atoms with Gasteiger partial charge in [0.1, 0.15) is 5.82 Å². The molecule has 7 heteroatoms. The Hall–Kier alpha value is -2.15. The van der Waals surface area contributed by atoms with E-state index in [0.717, 1.165) is 17.3 Å². The lowest BCUT2D eigenvalue weighted by molar-refractivity contribution is 0.298. The number of hydrogen-bond donors (Lipinski definition) is 0. The number of nitrogens with zero attached hydrogens (tertiary/aromatic N) is 2. The van der Waals surface area contributed by atoms with Crippen molar-refractivity contribution >= 4 is 21.6 Å². The van der Waals surface area contributed by atoms with Crippen LogP contribution in [0, 0.1) is 5.82 Å². The molecule has 0 saturated carbocycles. The molecule has 1 aromatic heterocycles. The van der Waals surface area contributed by atoms with Crippen LogP contribution in [0.3, 0.4) is 0 Å². The van der Waals surface area contributed by atoms with Gasteiger partial charge in [0.2, 0.25) is 10.0 Å². The zero-order valence-electron chi connectivity index (χ0n) is 13.7. The summed E-state index contributed by atoms with van der Waals surface area (Å²) < 4.78 is 43.6. The van der Waals surface area contributed by atoms with Gasteiger partial charge in [-0.25, -0.2) is 12.8 Å². The maximum atomic E-state index is 13.6. The van der Waals surface area contributed by atoms with Crippen molar-refractivity contribution in [3.05, 3.63) is 89.0 Å². The fourth-order valence-corrected chi connectivity index (χ4v) is 5.10. The average molecular weight is 391 g/mol. The van der Waals surface area contributed by atoms with E-state index in [1.807, 2.05) is 35.0 Å². The molecule has 0 amide bonds. The van der Waals surface area contributed by atoms with Gasteiger partial charge in [-0.3, -0.25) is 0 Å². The number of rotatable bonds is 3. The molecule has 0 saturated heterocycles. The van der Waals surface area contributed by atoms with Crippen molar-refractivity contribution in [3.8, 4) is 0 Å². The molecule has 26 heavy (non-hydrogen) atoms. The fraction of sp³-hybridized carbons (Fsp3) is 0.158. The molecule has 0 radical (unpaired) electrons. The molecule has 1 aliphatic heterocycles. The molecule has 3 aromatic rings. The Morgan fingerprint density at radius 3 is 2.50 bits per heavy atom. The number of hydrogen-bond acceptors (Lipinski definition) is 2. The van der Waals surface area contributed by atoms with E-state index in [2.05, 4.69) is 0 Å². The molecular weight excluding hydrogens is 375 g/mol. The molecular formula is C19H16ClFN2O2S. The Balaban J connectivity index is 1.85. The lowest BCUT2D eigenvalue weighted by atomic mass is 10.0. The minimum Gasteiger partial charge on any atom is -0.348 e. The van der Waals surface area contributed by atoms with Crippen LogP contribution < -0.4 is 0 Å². The van der Waals surface area contributed by atoms with E-state index >= 15 is 0 Å². The first-order valence-electron chi connectivity index (χ1n) is 8.15. The van der Waals surface area contributed by atoms with Gasteiger partial charge in [0.25, 0.3) is 0 Å². The van der Waals surface area contributed by atoms with E-state index in [4.69, 9.17) is 11.6 Å². The summed E-state index contributed by atoms with van der Waals surface area (Å²) in [5.41, 5.74) is 1.69. The highest BCUT2D eigenvalue weighted by atomic mass is 35.5. The van der Waals surface area contributed by atoms with Crippen LogP contribution in [-0.2, 0) is 16.6 Å². The number of benzene rings is 2. The first kappa shape index (κ1) is 17.3. The second-order valence-electron chi connectivity index (χ2n) is 6.15. The molecule has 2 aromatic carbocycles. The quantitative estimate of drug-likeness (QED) is 0.676. The van der Waals surface area contributed by atoms with E-state index in [1.165, 1.54) is 22.5 Å². The predicted octanol–water partition coefficient (Wildman–Crippen LogP) is 4.07. The van der Waals surface area contributed by atoms with Crippen LogP contribution in [-0.4, -0.2) is 23.8 Å². The fourth-order valence-electron chi connectivity index (χ4n) is 3.37. The third-order valence-corrected chi connectivity index (χ3v) is 6.69. The minimum atomic E-state index is -3.87. The van der Waals surface area contributed by atoms with Gasteiger partial charge in [0.15, 0.2) is 0 Å². The number of halogens is 2. The lowest BCUT2D eigenvalue weighted by Crippen LogP contribution is -2.42. The Morgan fingerprint density at radius 2 is 1.77 bits per heavy atom. The van der Waals surface area contributed by atoms with Crippen molar-refractivity contribution in [3.63, 3.8) is 0 Å². The molecule has 0 N–H and O–H groups in total. The summed E-state index contributed by atoms with van der Waals surface area (Å²) in [6.45, 7) is 0.842. The van der Waals surface area contributed by atoms with Crippen LogP contribution in [0.1, 0.15) is 17.3 Å². The second-order valence-corrected chi connectivity index (χ2v) is 8.48. The summed E-state index contributed by atoms with van der Waals surface area (Å²) in [7, 11) is -3.87. The topological polar surface area (TPSA) is 42.3 Å². The van der Waals surface area contributed by atoms with E-state index in [0.29, 0.717) is 18.1 Å². The zero-order valence-corrected chi connectivity index (χ0v) is 15.3. The molecule has 0 aliphatic carbocycles. The van der Waals surface area contributed by atoms with Crippen molar-refractivity contribution in [1.29, 1.82) is 0 Å². The molecule has 1 atom stereocenters. The van der Waals surface area contributed by atoms with Gasteiger partial charge in [-0.15, -0.1) is 0 Å². The number of sulfonamides is 1. The summed E-state index contributed by atoms with van der Waals surface area (Å²) in [5.74, 6) is -0.575. The summed E-state index contributed by atoms with van der Waals surface area (Å²) in [4.78, 5) is -0.0449. The van der Waals surface area contributed by atoms with E-state index in [-0.39, 0.29) is 4.90 Å².